The van der Waals surface area contributed by atoms with Crippen LogP contribution in [0.2, 0.25) is 0 Å². The quantitative estimate of drug-likeness (QED) is 0.391. The van der Waals surface area contributed by atoms with E-state index in [0.29, 0.717) is 11.3 Å². The summed E-state index contributed by atoms with van der Waals surface area (Å²) in [5.41, 5.74) is 2.60. The van der Waals surface area contributed by atoms with Gasteiger partial charge >= 0.3 is 0 Å². The molecule has 0 aliphatic heterocycles. The van der Waals surface area contributed by atoms with Gasteiger partial charge in [-0.05, 0) is 5.56 Å². The molecule has 0 heterocycles. The Morgan fingerprint density at radius 3 is 1.75 bits per heavy atom. The van der Waals surface area contributed by atoms with Gasteiger partial charge in [0, 0.05) is 11.1 Å². The van der Waals surface area contributed by atoms with Crippen molar-refractivity contribution < 1.29 is 4.79 Å². The van der Waals surface area contributed by atoms with Crippen molar-refractivity contribution in [2.24, 2.45) is 10.2 Å². The predicted octanol–water partition coefficient (Wildman–Crippen LogP) is 4.39. The summed E-state index contributed by atoms with van der Waals surface area (Å²) in [5, 5.41) is 8.31. The first-order valence-electron chi connectivity index (χ1n) is 7.66. The highest BCUT2D eigenvalue weighted by Gasteiger charge is 2.15. The lowest BCUT2D eigenvalue weighted by molar-refractivity contribution is 0.106. The van der Waals surface area contributed by atoms with Gasteiger partial charge in [-0.3, -0.25) is 4.79 Å². The zero-order valence-corrected chi connectivity index (χ0v) is 13.0. The highest BCUT2D eigenvalue weighted by Crippen LogP contribution is 2.09. The third-order valence-corrected chi connectivity index (χ3v) is 3.46. The minimum Gasteiger partial charge on any atom is -0.287 e. The third kappa shape index (κ3) is 3.90. The SMILES string of the molecule is O=C(/C(=N\N=C\c1ccccc1)c1ccccc1)c1ccccc1. The van der Waals surface area contributed by atoms with Crippen LogP contribution < -0.4 is 0 Å². The predicted molar refractivity (Wildman–Crippen MR) is 97.8 cm³/mol. The van der Waals surface area contributed by atoms with Gasteiger partial charge in [-0.2, -0.15) is 5.10 Å². The average Bonchev–Trinajstić information content (AvgIpc) is 2.67. The van der Waals surface area contributed by atoms with Gasteiger partial charge < -0.3 is 0 Å². The minimum absolute atomic E-state index is 0.146. The van der Waals surface area contributed by atoms with Crippen molar-refractivity contribution >= 4 is 17.7 Å². The molecule has 3 aromatic carbocycles. The zero-order chi connectivity index (χ0) is 16.6. The molecule has 0 N–H and O–H groups in total. The fraction of sp³-hybridized carbons (Fsp3) is 0. The summed E-state index contributed by atoms with van der Waals surface area (Å²) in [6, 6.07) is 28.1. The molecule has 0 saturated heterocycles. The Balaban J connectivity index is 1.95. The number of ketones is 1. The van der Waals surface area contributed by atoms with Gasteiger partial charge in [-0.15, -0.1) is 5.10 Å². The van der Waals surface area contributed by atoms with Crippen molar-refractivity contribution in [1.82, 2.24) is 0 Å². The molecule has 3 aromatic rings. The highest BCUT2D eigenvalue weighted by molar-refractivity contribution is 6.51. The monoisotopic (exact) mass is 312 g/mol. The number of benzene rings is 3. The highest BCUT2D eigenvalue weighted by atomic mass is 16.1. The van der Waals surface area contributed by atoms with Crippen LogP contribution in [0.15, 0.2) is 101 Å². The fourth-order valence-electron chi connectivity index (χ4n) is 2.25. The Morgan fingerprint density at radius 2 is 1.17 bits per heavy atom. The number of rotatable bonds is 5. The smallest absolute Gasteiger partial charge is 0.213 e. The van der Waals surface area contributed by atoms with E-state index < -0.39 is 0 Å². The summed E-state index contributed by atoms with van der Waals surface area (Å²) < 4.78 is 0. The fourth-order valence-corrected chi connectivity index (χ4v) is 2.25. The molecule has 24 heavy (non-hydrogen) atoms. The van der Waals surface area contributed by atoms with E-state index in [1.165, 1.54) is 0 Å². The van der Waals surface area contributed by atoms with E-state index in [9.17, 15) is 4.79 Å². The van der Waals surface area contributed by atoms with Gasteiger partial charge in [-0.25, -0.2) is 0 Å². The average molecular weight is 312 g/mol. The van der Waals surface area contributed by atoms with Crippen molar-refractivity contribution in [1.29, 1.82) is 0 Å². The third-order valence-electron chi connectivity index (χ3n) is 3.46. The summed E-state index contributed by atoms with van der Waals surface area (Å²) >= 11 is 0. The second-order valence-electron chi connectivity index (χ2n) is 5.17. The van der Waals surface area contributed by atoms with Crippen LogP contribution in [0.4, 0.5) is 0 Å². The van der Waals surface area contributed by atoms with Crippen molar-refractivity contribution in [2.75, 3.05) is 0 Å². The zero-order valence-electron chi connectivity index (χ0n) is 13.0. The second-order valence-corrected chi connectivity index (χ2v) is 5.17. The molecule has 0 amide bonds. The Morgan fingerprint density at radius 1 is 0.667 bits per heavy atom. The Kier molecular flexibility index (Phi) is 5.05. The van der Waals surface area contributed by atoms with Gasteiger partial charge in [0.25, 0.3) is 0 Å². The molecule has 0 unspecified atom stereocenters. The van der Waals surface area contributed by atoms with Gasteiger partial charge in [0.1, 0.15) is 5.71 Å². The summed E-state index contributed by atoms with van der Waals surface area (Å²) in [7, 11) is 0. The van der Waals surface area contributed by atoms with E-state index in [1.54, 1.807) is 18.3 Å². The normalized spacial score (nSPS) is 11.6. The van der Waals surface area contributed by atoms with E-state index in [1.807, 2.05) is 78.9 Å². The van der Waals surface area contributed by atoms with E-state index in [0.717, 1.165) is 11.1 Å². The standard InChI is InChI=1S/C21H16N2O/c24-21(19-14-8-3-9-15-19)20(18-12-6-2-7-13-18)23-22-16-17-10-4-1-5-11-17/h1-16H/b22-16+,23-20-. The lowest BCUT2D eigenvalue weighted by Gasteiger charge is -2.04. The van der Waals surface area contributed by atoms with Crippen molar-refractivity contribution in [3.63, 3.8) is 0 Å². The first kappa shape index (κ1) is 15.6. The van der Waals surface area contributed by atoms with Gasteiger partial charge in [0.15, 0.2) is 0 Å². The van der Waals surface area contributed by atoms with Crippen LogP contribution in [0.5, 0.6) is 0 Å². The van der Waals surface area contributed by atoms with Crippen molar-refractivity contribution in [3.8, 4) is 0 Å². The van der Waals surface area contributed by atoms with Crippen molar-refractivity contribution in [2.45, 2.75) is 0 Å². The summed E-state index contributed by atoms with van der Waals surface area (Å²) in [6.45, 7) is 0. The number of hydrogen-bond donors (Lipinski definition) is 0. The van der Waals surface area contributed by atoms with E-state index >= 15 is 0 Å². The van der Waals surface area contributed by atoms with Crippen LogP contribution in [0.25, 0.3) is 0 Å². The summed E-state index contributed by atoms with van der Waals surface area (Å²) in [5.74, 6) is -0.146. The van der Waals surface area contributed by atoms with Crippen LogP contribution >= 0.6 is 0 Å². The molecule has 0 atom stereocenters. The van der Waals surface area contributed by atoms with Crippen LogP contribution in [0.1, 0.15) is 21.5 Å². The van der Waals surface area contributed by atoms with E-state index in [-0.39, 0.29) is 5.78 Å². The maximum Gasteiger partial charge on any atom is 0.213 e. The van der Waals surface area contributed by atoms with E-state index in [4.69, 9.17) is 0 Å². The molecule has 116 valence electrons. The van der Waals surface area contributed by atoms with Gasteiger partial charge in [0.2, 0.25) is 5.78 Å². The van der Waals surface area contributed by atoms with Crippen LogP contribution in [-0.4, -0.2) is 17.7 Å². The summed E-state index contributed by atoms with van der Waals surface area (Å²) in [4.78, 5) is 12.8. The molecule has 0 aromatic heterocycles. The van der Waals surface area contributed by atoms with E-state index in [2.05, 4.69) is 10.2 Å². The minimum atomic E-state index is -0.146. The van der Waals surface area contributed by atoms with Crippen LogP contribution in [0.3, 0.4) is 0 Å². The lowest BCUT2D eigenvalue weighted by Crippen LogP contribution is -2.15. The Hall–Kier alpha value is -3.33. The Labute approximate surface area is 141 Å². The van der Waals surface area contributed by atoms with Crippen LogP contribution in [-0.2, 0) is 0 Å². The first-order valence-corrected chi connectivity index (χ1v) is 7.66. The van der Waals surface area contributed by atoms with Gasteiger partial charge in [0.05, 0.1) is 6.21 Å². The first-order chi connectivity index (χ1) is 11.8. The maximum atomic E-state index is 12.8. The lowest BCUT2D eigenvalue weighted by atomic mass is 10.0. The molecule has 0 bridgehead atoms. The molecule has 0 aliphatic carbocycles. The molecular formula is C21H16N2O. The molecule has 0 spiro atoms. The van der Waals surface area contributed by atoms with Crippen molar-refractivity contribution in [3.05, 3.63) is 108 Å². The molecule has 3 rings (SSSR count). The maximum absolute atomic E-state index is 12.8. The molecule has 0 radical (unpaired) electrons. The molecular weight excluding hydrogens is 296 g/mol. The molecule has 0 fully saturated rings. The summed E-state index contributed by atoms with van der Waals surface area (Å²) in [6.07, 6.45) is 1.64. The number of Topliss-reactive ketones (excluding diaryl/α,β-unsaturated/α-hetero) is 1. The van der Waals surface area contributed by atoms with Crippen LogP contribution in [0, 0.1) is 0 Å². The molecule has 3 heteroatoms. The number of hydrogen-bond acceptors (Lipinski definition) is 3. The largest absolute Gasteiger partial charge is 0.287 e. The molecule has 3 nitrogen and oxygen atoms in total. The number of carbonyl (C=O) groups excluding carboxylic acids is 1. The second kappa shape index (κ2) is 7.79. The Bertz CT molecular complexity index is 854. The number of nitrogens with zero attached hydrogens (tertiary/aromatic N) is 2. The topological polar surface area (TPSA) is 41.8 Å². The molecule has 0 saturated carbocycles. The van der Waals surface area contributed by atoms with Gasteiger partial charge in [-0.1, -0.05) is 91.0 Å². The number of carbonyl (C=O) groups is 1. The molecule has 0 aliphatic rings.